The van der Waals surface area contributed by atoms with Crippen molar-refractivity contribution in [3.05, 3.63) is 29.8 Å². The van der Waals surface area contributed by atoms with E-state index in [0.29, 0.717) is 17.8 Å². The Labute approximate surface area is 137 Å². The molecule has 1 unspecified atom stereocenters. The average molecular weight is 316 g/mol. The molecule has 2 fully saturated rings. The van der Waals surface area contributed by atoms with Crippen molar-refractivity contribution in [2.24, 2.45) is 17.6 Å². The van der Waals surface area contributed by atoms with Gasteiger partial charge in [0.25, 0.3) is 5.91 Å². The zero-order valence-electron chi connectivity index (χ0n) is 13.5. The molecule has 0 aromatic heterocycles. The van der Waals surface area contributed by atoms with Gasteiger partial charge in [-0.2, -0.15) is 0 Å². The summed E-state index contributed by atoms with van der Waals surface area (Å²) in [5, 5.41) is 2.92. The third kappa shape index (κ3) is 4.10. The standard InChI is InChI=1S/C18H25N3O2/c19-18(23)14-5-7-16(8-6-14)20-17(22)12-21-10-9-13-3-1-2-4-15(13)11-21/h5-8,13,15H,1-4,9-12H2,(H2,19,23)(H,20,22)/p+1/t13-,15-/m1/s1. The number of nitrogens with two attached hydrogens (primary N) is 1. The number of benzene rings is 1. The first-order chi connectivity index (χ1) is 11.1. The molecule has 0 bridgehead atoms. The summed E-state index contributed by atoms with van der Waals surface area (Å²) in [6.07, 6.45) is 6.73. The van der Waals surface area contributed by atoms with Crippen molar-refractivity contribution in [3.8, 4) is 0 Å². The molecule has 1 aromatic rings. The summed E-state index contributed by atoms with van der Waals surface area (Å²) in [6.45, 7) is 2.77. The van der Waals surface area contributed by atoms with Gasteiger partial charge < -0.3 is 16.0 Å². The molecule has 3 atom stereocenters. The molecule has 0 radical (unpaired) electrons. The highest BCUT2D eigenvalue weighted by atomic mass is 16.2. The van der Waals surface area contributed by atoms with E-state index in [0.717, 1.165) is 24.9 Å². The minimum Gasteiger partial charge on any atom is -0.366 e. The maximum absolute atomic E-state index is 12.2. The molecule has 1 saturated carbocycles. The topological polar surface area (TPSA) is 76.6 Å². The minimum atomic E-state index is -0.456. The number of nitrogens with one attached hydrogen (secondary N) is 2. The van der Waals surface area contributed by atoms with Crippen LogP contribution in [0.3, 0.4) is 0 Å². The number of fused-ring (bicyclic) bond motifs is 1. The second-order valence-electron chi connectivity index (χ2n) is 6.96. The maximum Gasteiger partial charge on any atom is 0.279 e. The molecule has 4 N–H and O–H groups in total. The third-order valence-corrected chi connectivity index (χ3v) is 5.35. The van der Waals surface area contributed by atoms with Crippen LogP contribution in [0.4, 0.5) is 5.69 Å². The van der Waals surface area contributed by atoms with E-state index in [4.69, 9.17) is 5.73 Å². The van der Waals surface area contributed by atoms with Crippen LogP contribution >= 0.6 is 0 Å². The van der Waals surface area contributed by atoms with Crippen molar-refractivity contribution >= 4 is 17.5 Å². The van der Waals surface area contributed by atoms with E-state index in [1.165, 1.54) is 37.0 Å². The number of piperidine rings is 1. The molecule has 1 aliphatic heterocycles. The lowest BCUT2D eigenvalue weighted by atomic mass is 9.75. The summed E-state index contributed by atoms with van der Waals surface area (Å²) in [5.74, 6) is 1.30. The molecule has 5 heteroatoms. The van der Waals surface area contributed by atoms with Crippen LogP contribution in [-0.2, 0) is 4.79 Å². The van der Waals surface area contributed by atoms with Gasteiger partial charge in [-0.1, -0.05) is 12.8 Å². The van der Waals surface area contributed by atoms with E-state index in [-0.39, 0.29) is 5.91 Å². The van der Waals surface area contributed by atoms with Crippen LogP contribution < -0.4 is 16.0 Å². The van der Waals surface area contributed by atoms with Crippen molar-refractivity contribution in [2.75, 3.05) is 25.0 Å². The molecule has 23 heavy (non-hydrogen) atoms. The average Bonchev–Trinajstić information content (AvgIpc) is 2.55. The normalized spacial score (nSPS) is 27.0. The van der Waals surface area contributed by atoms with Gasteiger partial charge in [-0.3, -0.25) is 9.59 Å². The van der Waals surface area contributed by atoms with Crippen LogP contribution in [-0.4, -0.2) is 31.4 Å². The van der Waals surface area contributed by atoms with E-state index < -0.39 is 5.91 Å². The summed E-state index contributed by atoms with van der Waals surface area (Å²) >= 11 is 0. The highest BCUT2D eigenvalue weighted by Crippen LogP contribution is 2.32. The van der Waals surface area contributed by atoms with Crippen LogP contribution in [0.5, 0.6) is 0 Å². The highest BCUT2D eigenvalue weighted by Gasteiger charge is 2.34. The molecular weight excluding hydrogens is 290 g/mol. The zero-order valence-corrected chi connectivity index (χ0v) is 13.5. The molecular formula is C18H26N3O2+. The molecule has 1 aliphatic carbocycles. The van der Waals surface area contributed by atoms with Gasteiger partial charge >= 0.3 is 0 Å². The number of carbonyl (C=O) groups excluding carboxylic acids is 2. The van der Waals surface area contributed by atoms with Crippen LogP contribution in [0, 0.1) is 11.8 Å². The monoisotopic (exact) mass is 316 g/mol. The van der Waals surface area contributed by atoms with Crippen molar-refractivity contribution in [3.63, 3.8) is 0 Å². The Hall–Kier alpha value is -1.88. The third-order valence-electron chi connectivity index (χ3n) is 5.35. The lowest BCUT2D eigenvalue weighted by molar-refractivity contribution is -0.902. The number of carbonyl (C=O) groups is 2. The Balaban J connectivity index is 1.50. The first-order valence-electron chi connectivity index (χ1n) is 8.65. The Morgan fingerprint density at radius 3 is 2.48 bits per heavy atom. The fourth-order valence-corrected chi connectivity index (χ4v) is 4.11. The molecule has 2 amide bonds. The van der Waals surface area contributed by atoms with Gasteiger partial charge in [0.2, 0.25) is 5.91 Å². The molecule has 1 saturated heterocycles. The number of amides is 2. The molecule has 0 spiro atoms. The first kappa shape index (κ1) is 16.0. The van der Waals surface area contributed by atoms with Gasteiger partial charge in [0, 0.05) is 17.2 Å². The molecule has 124 valence electrons. The van der Waals surface area contributed by atoms with E-state index in [9.17, 15) is 9.59 Å². The van der Waals surface area contributed by atoms with Crippen LogP contribution in [0.2, 0.25) is 0 Å². The largest absolute Gasteiger partial charge is 0.366 e. The Kier molecular flexibility index (Phi) is 4.96. The Morgan fingerprint density at radius 1 is 1.09 bits per heavy atom. The van der Waals surface area contributed by atoms with Gasteiger partial charge in [-0.25, -0.2) is 0 Å². The highest BCUT2D eigenvalue weighted by molar-refractivity contribution is 5.95. The van der Waals surface area contributed by atoms with Crippen LogP contribution in [0.1, 0.15) is 42.5 Å². The van der Waals surface area contributed by atoms with E-state index in [1.54, 1.807) is 24.3 Å². The second-order valence-corrected chi connectivity index (χ2v) is 6.96. The lowest BCUT2D eigenvalue weighted by Gasteiger charge is -2.38. The summed E-state index contributed by atoms with van der Waals surface area (Å²) in [7, 11) is 0. The number of anilines is 1. The van der Waals surface area contributed by atoms with E-state index in [2.05, 4.69) is 5.32 Å². The maximum atomic E-state index is 12.2. The minimum absolute atomic E-state index is 0.0427. The van der Waals surface area contributed by atoms with Gasteiger partial charge in [-0.05, 0) is 49.4 Å². The SMILES string of the molecule is NC(=O)c1ccc(NC(=O)C[NH+]2CC[C@H]3CCCC[C@@H]3C2)cc1. The second kappa shape index (κ2) is 7.13. The number of quaternary nitrogens is 1. The van der Waals surface area contributed by atoms with Gasteiger partial charge in [0.1, 0.15) is 0 Å². The van der Waals surface area contributed by atoms with Crippen molar-refractivity contribution in [2.45, 2.75) is 32.1 Å². The van der Waals surface area contributed by atoms with Crippen LogP contribution in [0.25, 0.3) is 0 Å². The fourth-order valence-electron chi connectivity index (χ4n) is 4.11. The quantitative estimate of drug-likeness (QED) is 0.769. The smallest absolute Gasteiger partial charge is 0.279 e. The van der Waals surface area contributed by atoms with E-state index in [1.807, 2.05) is 0 Å². The molecule has 5 nitrogen and oxygen atoms in total. The van der Waals surface area contributed by atoms with Gasteiger partial charge in [-0.15, -0.1) is 0 Å². The number of primary amides is 1. The zero-order chi connectivity index (χ0) is 16.2. The predicted molar refractivity (Wildman–Crippen MR) is 89.2 cm³/mol. The number of rotatable bonds is 4. The number of hydrogen-bond donors (Lipinski definition) is 3. The first-order valence-corrected chi connectivity index (χ1v) is 8.65. The summed E-state index contributed by atoms with van der Waals surface area (Å²) < 4.78 is 0. The molecule has 3 rings (SSSR count). The van der Waals surface area contributed by atoms with Crippen molar-refractivity contribution in [1.29, 1.82) is 0 Å². The Morgan fingerprint density at radius 2 is 1.78 bits per heavy atom. The van der Waals surface area contributed by atoms with Crippen LogP contribution in [0.15, 0.2) is 24.3 Å². The van der Waals surface area contributed by atoms with Crippen molar-refractivity contribution in [1.82, 2.24) is 0 Å². The summed E-state index contributed by atoms with van der Waals surface area (Å²) in [5.41, 5.74) is 6.38. The molecule has 1 aromatic carbocycles. The molecule has 1 heterocycles. The summed E-state index contributed by atoms with van der Waals surface area (Å²) in [6, 6.07) is 6.72. The predicted octanol–water partition coefficient (Wildman–Crippen LogP) is 0.819. The van der Waals surface area contributed by atoms with E-state index >= 15 is 0 Å². The van der Waals surface area contributed by atoms with Gasteiger partial charge in [0.15, 0.2) is 6.54 Å². The van der Waals surface area contributed by atoms with Gasteiger partial charge in [0.05, 0.1) is 13.1 Å². The number of hydrogen-bond acceptors (Lipinski definition) is 2. The fraction of sp³-hybridized carbons (Fsp3) is 0.556. The van der Waals surface area contributed by atoms with Crippen molar-refractivity contribution < 1.29 is 14.5 Å². The summed E-state index contributed by atoms with van der Waals surface area (Å²) in [4.78, 5) is 24.7. The Bertz CT molecular complexity index is 570. The molecule has 2 aliphatic rings. The lowest BCUT2D eigenvalue weighted by Crippen LogP contribution is -3.15. The number of likely N-dealkylation sites (tertiary alicyclic amines) is 1.